The number of likely N-dealkylation sites (tertiary alicyclic amines) is 1. The number of amides is 1. The quantitative estimate of drug-likeness (QED) is 0.210. The number of rotatable bonds is 12. The van der Waals surface area contributed by atoms with Gasteiger partial charge in [0.25, 0.3) is 0 Å². The fraction of sp³-hybridized carbons (Fsp3) is 0.857. The van der Waals surface area contributed by atoms with Gasteiger partial charge in [-0.3, -0.25) is 19.2 Å². The SMILES string of the molecule is CC(=O)CC(=O)OCCOC(=O)C(C)(CC(C)(C)C)C(C)(C)C(C)(C)C(C(C)C)N1CCCC1=O. The van der Waals surface area contributed by atoms with Crippen molar-refractivity contribution in [3.63, 3.8) is 0 Å². The Kier molecular flexibility index (Phi) is 10.2. The van der Waals surface area contributed by atoms with Crippen LogP contribution in [0.1, 0.15) is 102 Å². The molecule has 0 aromatic rings. The zero-order valence-corrected chi connectivity index (χ0v) is 24.0. The van der Waals surface area contributed by atoms with Crippen LogP contribution in [-0.4, -0.2) is 54.3 Å². The third-order valence-corrected chi connectivity index (χ3v) is 8.11. The monoisotopic (exact) mass is 495 g/mol. The predicted octanol–water partition coefficient (Wildman–Crippen LogP) is 5.19. The van der Waals surface area contributed by atoms with Gasteiger partial charge < -0.3 is 14.4 Å². The van der Waals surface area contributed by atoms with Crippen LogP contribution in [-0.2, 0) is 28.7 Å². The second kappa shape index (κ2) is 11.4. The van der Waals surface area contributed by atoms with Crippen molar-refractivity contribution in [3.05, 3.63) is 0 Å². The number of nitrogens with zero attached hydrogens (tertiary/aromatic N) is 1. The van der Waals surface area contributed by atoms with Gasteiger partial charge >= 0.3 is 11.9 Å². The van der Waals surface area contributed by atoms with Gasteiger partial charge in [-0.25, -0.2) is 0 Å². The molecular formula is C28H49NO6. The lowest BCUT2D eigenvalue weighted by molar-refractivity contribution is -0.182. The fourth-order valence-corrected chi connectivity index (χ4v) is 5.94. The van der Waals surface area contributed by atoms with Gasteiger partial charge in [-0.2, -0.15) is 0 Å². The normalized spacial score (nSPS) is 17.8. The Balaban J connectivity index is 3.26. The lowest BCUT2D eigenvalue weighted by atomic mass is 9.48. The minimum absolute atomic E-state index is 0.0351. The van der Waals surface area contributed by atoms with Gasteiger partial charge in [-0.1, -0.05) is 62.3 Å². The summed E-state index contributed by atoms with van der Waals surface area (Å²) < 4.78 is 10.7. The van der Waals surface area contributed by atoms with E-state index in [1.165, 1.54) is 6.92 Å². The molecule has 1 fully saturated rings. The lowest BCUT2D eigenvalue weighted by Gasteiger charge is -2.58. The Morgan fingerprint density at radius 3 is 1.91 bits per heavy atom. The second-order valence-corrected chi connectivity index (χ2v) is 13.0. The molecule has 0 spiro atoms. The number of hydrogen-bond acceptors (Lipinski definition) is 6. The maximum Gasteiger partial charge on any atom is 0.313 e. The van der Waals surface area contributed by atoms with Crippen molar-refractivity contribution in [1.82, 2.24) is 4.90 Å². The van der Waals surface area contributed by atoms with Gasteiger partial charge in [0.15, 0.2) is 0 Å². The van der Waals surface area contributed by atoms with E-state index < -0.39 is 22.2 Å². The van der Waals surface area contributed by atoms with E-state index in [0.29, 0.717) is 12.8 Å². The van der Waals surface area contributed by atoms with E-state index >= 15 is 0 Å². The molecule has 2 atom stereocenters. The molecule has 0 bridgehead atoms. The zero-order valence-electron chi connectivity index (χ0n) is 24.0. The summed E-state index contributed by atoms with van der Waals surface area (Å²) >= 11 is 0. The summed E-state index contributed by atoms with van der Waals surface area (Å²) in [5, 5.41) is 0. The van der Waals surface area contributed by atoms with Crippen LogP contribution in [0.15, 0.2) is 0 Å². The van der Waals surface area contributed by atoms with Crippen LogP contribution in [0.3, 0.4) is 0 Å². The largest absolute Gasteiger partial charge is 0.462 e. The fourth-order valence-electron chi connectivity index (χ4n) is 5.94. The number of carbonyl (C=O) groups is 4. The molecule has 1 amide bonds. The van der Waals surface area contributed by atoms with Crippen LogP contribution in [0.25, 0.3) is 0 Å². The highest BCUT2D eigenvalue weighted by Crippen LogP contribution is 2.59. The Morgan fingerprint density at radius 2 is 1.49 bits per heavy atom. The van der Waals surface area contributed by atoms with Crippen molar-refractivity contribution in [1.29, 1.82) is 0 Å². The van der Waals surface area contributed by atoms with Crippen molar-refractivity contribution in [2.24, 2.45) is 27.6 Å². The molecule has 0 aliphatic carbocycles. The summed E-state index contributed by atoms with van der Waals surface area (Å²) in [7, 11) is 0. The first-order valence-electron chi connectivity index (χ1n) is 12.9. The van der Waals surface area contributed by atoms with E-state index in [1.54, 1.807) is 0 Å². The highest BCUT2D eigenvalue weighted by atomic mass is 16.6. The first-order chi connectivity index (χ1) is 15.8. The number of ether oxygens (including phenoxy) is 2. The van der Waals surface area contributed by atoms with Gasteiger partial charge in [-0.15, -0.1) is 0 Å². The van der Waals surface area contributed by atoms with Crippen LogP contribution in [0, 0.1) is 27.6 Å². The molecule has 1 aliphatic heterocycles. The summed E-state index contributed by atoms with van der Waals surface area (Å²) in [4.78, 5) is 51.3. The molecule has 0 aromatic carbocycles. The molecule has 1 heterocycles. The van der Waals surface area contributed by atoms with Gasteiger partial charge in [0.1, 0.15) is 25.4 Å². The molecule has 7 heteroatoms. The molecule has 0 saturated carbocycles. The molecule has 2 unspecified atom stereocenters. The topological polar surface area (TPSA) is 90.0 Å². The summed E-state index contributed by atoms with van der Waals surface area (Å²) in [6.45, 7) is 23.0. The maximum absolute atomic E-state index is 13.7. The predicted molar refractivity (Wildman–Crippen MR) is 137 cm³/mol. The van der Waals surface area contributed by atoms with Gasteiger partial charge in [0.05, 0.1) is 5.41 Å². The molecule has 1 rings (SSSR count). The third kappa shape index (κ3) is 7.29. The van der Waals surface area contributed by atoms with Crippen LogP contribution in [0.4, 0.5) is 0 Å². The van der Waals surface area contributed by atoms with E-state index in [1.807, 2.05) is 11.8 Å². The number of hydrogen-bond donors (Lipinski definition) is 0. The summed E-state index contributed by atoms with van der Waals surface area (Å²) in [5.41, 5.74) is -2.03. The van der Waals surface area contributed by atoms with Crippen LogP contribution in [0.5, 0.6) is 0 Å². The average Bonchev–Trinajstić information content (AvgIpc) is 3.07. The average molecular weight is 496 g/mol. The van der Waals surface area contributed by atoms with Gasteiger partial charge in [-0.05, 0) is 48.9 Å². The highest BCUT2D eigenvalue weighted by molar-refractivity contribution is 5.94. The zero-order chi connectivity index (χ0) is 27.4. The molecule has 0 aromatic heterocycles. The first-order valence-corrected chi connectivity index (χ1v) is 12.9. The maximum atomic E-state index is 13.7. The number of Topliss-reactive ketones (excluding diaryl/α,β-unsaturated/α-hetero) is 1. The van der Waals surface area contributed by atoms with Crippen molar-refractivity contribution in [3.8, 4) is 0 Å². The van der Waals surface area contributed by atoms with Crippen molar-refractivity contribution < 1.29 is 28.7 Å². The Labute approximate surface area is 212 Å². The molecule has 0 N–H and O–H groups in total. The van der Waals surface area contributed by atoms with Gasteiger partial charge in [0.2, 0.25) is 5.91 Å². The minimum atomic E-state index is -0.881. The van der Waals surface area contributed by atoms with E-state index in [9.17, 15) is 19.2 Å². The van der Waals surface area contributed by atoms with Crippen molar-refractivity contribution in [2.45, 2.75) is 108 Å². The van der Waals surface area contributed by atoms with Crippen LogP contribution >= 0.6 is 0 Å². The molecule has 7 nitrogen and oxygen atoms in total. The molecule has 1 saturated heterocycles. The summed E-state index contributed by atoms with van der Waals surface area (Å²) in [6.07, 6.45) is 1.73. The highest BCUT2D eigenvalue weighted by Gasteiger charge is 2.60. The molecule has 0 radical (unpaired) electrons. The van der Waals surface area contributed by atoms with E-state index in [4.69, 9.17) is 9.47 Å². The van der Waals surface area contributed by atoms with Crippen LogP contribution in [0.2, 0.25) is 0 Å². The van der Waals surface area contributed by atoms with E-state index in [-0.39, 0.29) is 54.7 Å². The van der Waals surface area contributed by atoms with E-state index in [0.717, 1.165) is 13.0 Å². The minimum Gasteiger partial charge on any atom is -0.462 e. The lowest BCUT2D eigenvalue weighted by Crippen LogP contribution is -2.61. The number of carbonyl (C=O) groups excluding carboxylic acids is 4. The second-order valence-electron chi connectivity index (χ2n) is 13.0. The van der Waals surface area contributed by atoms with E-state index in [2.05, 4.69) is 62.3 Å². The molecule has 202 valence electrons. The number of esters is 2. The molecular weight excluding hydrogens is 446 g/mol. The van der Waals surface area contributed by atoms with Crippen LogP contribution < -0.4 is 0 Å². The smallest absolute Gasteiger partial charge is 0.313 e. The van der Waals surface area contributed by atoms with Gasteiger partial charge in [0, 0.05) is 19.0 Å². The Hall–Kier alpha value is -1.92. The molecule has 1 aliphatic rings. The Bertz CT molecular complexity index is 792. The standard InChI is InChI=1S/C28H49NO6/c1-19(2)23(29-14-12-13-21(29)31)26(7,8)27(9,10)28(11,18-25(4,5)6)24(33)35-16-15-34-22(32)17-20(3)30/h19,23H,12-18H2,1-11H3. The summed E-state index contributed by atoms with van der Waals surface area (Å²) in [6, 6.07) is -0.0351. The third-order valence-electron chi connectivity index (χ3n) is 8.11. The number of ketones is 1. The van der Waals surface area contributed by atoms with Crippen molar-refractivity contribution >= 4 is 23.6 Å². The first kappa shape index (κ1) is 31.1. The Morgan fingerprint density at radius 1 is 0.943 bits per heavy atom. The molecule has 35 heavy (non-hydrogen) atoms. The summed E-state index contributed by atoms with van der Waals surface area (Å²) in [5.74, 6) is -0.849. The van der Waals surface area contributed by atoms with Crippen molar-refractivity contribution in [2.75, 3.05) is 19.8 Å².